The first-order valence-electron chi connectivity index (χ1n) is 5.68. The van der Waals surface area contributed by atoms with Crippen molar-refractivity contribution in [3.63, 3.8) is 0 Å². The Bertz CT molecular complexity index is 456. The minimum atomic E-state index is -0.401. The minimum Gasteiger partial charge on any atom is -0.395 e. The van der Waals surface area contributed by atoms with Gasteiger partial charge in [-0.2, -0.15) is 0 Å². The molecule has 0 aliphatic carbocycles. The summed E-state index contributed by atoms with van der Waals surface area (Å²) in [5, 5.41) is 8.92. The van der Waals surface area contributed by atoms with Crippen LogP contribution in [0.3, 0.4) is 0 Å². The topological polar surface area (TPSA) is 82.6 Å². The number of rotatable bonds is 6. The largest absolute Gasteiger partial charge is 0.395 e. The van der Waals surface area contributed by atoms with Crippen LogP contribution >= 0.6 is 0 Å². The van der Waals surface area contributed by atoms with Crippen molar-refractivity contribution in [2.45, 2.75) is 6.92 Å². The highest BCUT2D eigenvalue weighted by atomic mass is 16.5. The summed E-state index contributed by atoms with van der Waals surface area (Å²) < 4.78 is 4.89. The highest BCUT2D eigenvalue weighted by Crippen LogP contribution is 2.00. The Morgan fingerprint density at radius 1 is 1.50 bits per heavy atom. The summed E-state index contributed by atoms with van der Waals surface area (Å²) >= 11 is 0. The summed E-state index contributed by atoms with van der Waals surface area (Å²) in [6.45, 7) is 2.46. The fourth-order valence-electron chi connectivity index (χ4n) is 1.55. The normalized spacial score (nSPS) is 10.4. The molecule has 0 fully saturated rings. The van der Waals surface area contributed by atoms with Crippen LogP contribution in [0.25, 0.3) is 0 Å². The average molecular weight is 254 g/mol. The monoisotopic (exact) mass is 254 g/mol. The maximum absolute atomic E-state index is 12.1. The second-order valence-corrected chi connectivity index (χ2v) is 3.90. The van der Waals surface area contributed by atoms with Gasteiger partial charge < -0.3 is 19.7 Å². The molecule has 1 heterocycles. The second kappa shape index (κ2) is 6.93. The Balaban J connectivity index is 2.90. The van der Waals surface area contributed by atoms with E-state index in [0.29, 0.717) is 18.8 Å². The van der Waals surface area contributed by atoms with Crippen LogP contribution in [0.4, 0.5) is 0 Å². The number of aryl methyl sites for hydroxylation is 1. The van der Waals surface area contributed by atoms with Crippen LogP contribution in [0.2, 0.25) is 0 Å². The molecule has 0 spiro atoms. The van der Waals surface area contributed by atoms with E-state index in [1.54, 1.807) is 6.92 Å². The number of methoxy groups -OCH3 is 1. The third-order valence-corrected chi connectivity index (χ3v) is 2.51. The lowest BCUT2D eigenvalue weighted by Crippen LogP contribution is -2.38. The molecular weight excluding hydrogens is 236 g/mol. The van der Waals surface area contributed by atoms with E-state index in [4.69, 9.17) is 9.84 Å². The van der Waals surface area contributed by atoms with Crippen LogP contribution in [0.5, 0.6) is 0 Å². The number of aliphatic hydroxyl groups is 1. The zero-order valence-electron chi connectivity index (χ0n) is 10.6. The van der Waals surface area contributed by atoms with Crippen molar-refractivity contribution in [3.05, 3.63) is 33.7 Å². The molecule has 0 radical (unpaired) electrons. The van der Waals surface area contributed by atoms with E-state index in [0.717, 1.165) is 0 Å². The SMILES string of the molecule is COCCN(CCO)C(=O)c1c[nH]c(C)cc1=O. The number of ether oxygens (including phenoxy) is 1. The number of pyridine rings is 1. The number of aromatic amines is 1. The number of aliphatic hydroxyl groups excluding tert-OH is 1. The average Bonchev–Trinajstić information content (AvgIpc) is 2.33. The summed E-state index contributed by atoms with van der Waals surface area (Å²) in [5.41, 5.74) is 0.448. The molecule has 0 aromatic carbocycles. The molecule has 2 N–H and O–H groups in total. The number of hydrogen-bond acceptors (Lipinski definition) is 4. The summed E-state index contributed by atoms with van der Waals surface area (Å²) in [5.74, 6) is -0.401. The lowest BCUT2D eigenvalue weighted by atomic mass is 10.2. The molecule has 6 heteroatoms. The lowest BCUT2D eigenvalue weighted by Gasteiger charge is -2.21. The fraction of sp³-hybridized carbons (Fsp3) is 0.500. The van der Waals surface area contributed by atoms with Gasteiger partial charge in [-0.05, 0) is 6.92 Å². The fourth-order valence-corrected chi connectivity index (χ4v) is 1.55. The molecular formula is C12H18N2O4. The Hall–Kier alpha value is -1.66. The van der Waals surface area contributed by atoms with Crippen molar-refractivity contribution in [1.82, 2.24) is 9.88 Å². The van der Waals surface area contributed by atoms with E-state index in [2.05, 4.69) is 4.98 Å². The zero-order valence-corrected chi connectivity index (χ0v) is 10.6. The molecule has 6 nitrogen and oxygen atoms in total. The van der Waals surface area contributed by atoms with Crippen LogP contribution in [0.1, 0.15) is 16.1 Å². The molecule has 0 unspecified atom stereocenters. The standard InChI is InChI=1S/C12H18N2O4/c1-9-7-11(16)10(8-13-9)12(17)14(3-5-15)4-6-18-2/h7-8,15H,3-6H2,1-2H3,(H,13,16). The third-order valence-electron chi connectivity index (χ3n) is 2.51. The van der Waals surface area contributed by atoms with Gasteiger partial charge in [-0.25, -0.2) is 0 Å². The predicted molar refractivity (Wildman–Crippen MR) is 66.7 cm³/mol. The predicted octanol–water partition coefficient (Wildman–Crippen LogP) is -0.236. The van der Waals surface area contributed by atoms with Gasteiger partial charge in [-0.1, -0.05) is 0 Å². The van der Waals surface area contributed by atoms with Gasteiger partial charge in [-0.3, -0.25) is 9.59 Å². The number of H-pyrrole nitrogens is 1. The highest BCUT2D eigenvalue weighted by molar-refractivity contribution is 5.93. The number of amides is 1. The number of carbonyl (C=O) groups excluding carboxylic acids is 1. The van der Waals surface area contributed by atoms with Gasteiger partial charge in [0.25, 0.3) is 5.91 Å². The van der Waals surface area contributed by atoms with Gasteiger partial charge in [0, 0.05) is 38.2 Å². The maximum atomic E-state index is 12.1. The van der Waals surface area contributed by atoms with E-state index in [1.165, 1.54) is 24.3 Å². The van der Waals surface area contributed by atoms with E-state index in [9.17, 15) is 9.59 Å². The first-order valence-corrected chi connectivity index (χ1v) is 5.68. The number of aromatic nitrogens is 1. The van der Waals surface area contributed by atoms with Crippen LogP contribution in [0, 0.1) is 6.92 Å². The van der Waals surface area contributed by atoms with Crippen molar-refractivity contribution in [3.8, 4) is 0 Å². The lowest BCUT2D eigenvalue weighted by molar-refractivity contribution is 0.0655. The summed E-state index contributed by atoms with van der Waals surface area (Å²) in [6.07, 6.45) is 1.40. The van der Waals surface area contributed by atoms with Crippen molar-refractivity contribution >= 4 is 5.91 Å². The molecule has 0 bridgehead atoms. The first-order chi connectivity index (χ1) is 8.60. The smallest absolute Gasteiger partial charge is 0.259 e. The van der Waals surface area contributed by atoms with Gasteiger partial charge in [-0.15, -0.1) is 0 Å². The van der Waals surface area contributed by atoms with Gasteiger partial charge in [0.15, 0.2) is 5.43 Å². The Morgan fingerprint density at radius 3 is 2.78 bits per heavy atom. The Morgan fingerprint density at radius 2 is 2.22 bits per heavy atom. The Labute approximate surface area is 105 Å². The molecule has 0 aliphatic heterocycles. The molecule has 0 saturated carbocycles. The second-order valence-electron chi connectivity index (χ2n) is 3.90. The zero-order chi connectivity index (χ0) is 13.5. The van der Waals surface area contributed by atoms with Crippen LogP contribution in [0.15, 0.2) is 17.1 Å². The van der Waals surface area contributed by atoms with Crippen LogP contribution in [-0.2, 0) is 4.74 Å². The molecule has 1 rings (SSSR count). The number of nitrogens with zero attached hydrogens (tertiary/aromatic N) is 1. The molecule has 1 amide bonds. The third kappa shape index (κ3) is 3.68. The molecule has 1 aromatic heterocycles. The van der Waals surface area contributed by atoms with Gasteiger partial charge in [0.1, 0.15) is 5.56 Å². The number of carbonyl (C=O) groups is 1. The molecule has 0 saturated heterocycles. The molecule has 1 aromatic rings. The van der Waals surface area contributed by atoms with Crippen LogP contribution in [-0.4, -0.2) is 54.3 Å². The number of nitrogens with one attached hydrogen (secondary N) is 1. The van der Waals surface area contributed by atoms with E-state index in [1.807, 2.05) is 0 Å². The number of hydrogen-bond donors (Lipinski definition) is 2. The van der Waals surface area contributed by atoms with E-state index in [-0.39, 0.29) is 24.1 Å². The summed E-state index contributed by atoms with van der Waals surface area (Å²) in [4.78, 5) is 28.0. The summed E-state index contributed by atoms with van der Waals surface area (Å²) in [6, 6.07) is 1.38. The molecule has 18 heavy (non-hydrogen) atoms. The van der Waals surface area contributed by atoms with Crippen molar-refractivity contribution in [2.75, 3.05) is 33.4 Å². The molecule has 0 atom stereocenters. The molecule has 100 valence electrons. The van der Waals surface area contributed by atoms with Gasteiger partial charge >= 0.3 is 0 Å². The van der Waals surface area contributed by atoms with E-state index < -0.39 is 5.91 Å². The highest BCUT2D eigenvalue weighted by Gasteiger charge is 2.17. The van der Waals surface area contributed by atoms with Crippen LogP contribution < -0.4 is 5.43 Å². The van der Waals surface area contributed by atoms with Gasteiger partial charge in [0.05, 0.1) is 13.2 Å². The van der Waals surface area contributed by atoms with E-state index >= 15 is 0 Å². The summed E-state index contributed by atoms with van der Waals surface area (Å²) in [7, 11) is 1.53. The first kappa shape index (κ1) is 14.4. The van der Waals surface area contributed by atoms with Gasteiger partial charge in [0.2, 0.25) is 0 Å². The van der Waals surface area contributed by atoms with Crippen molar-refractivity contribution in [1.29, 1.82) is 0 Å². The molecule has 0 aliphatic rings. The minimum absolute atomic E-state index is 0.0742. The van der Waals surface area contributed by atoms with Crippen molar-refractivity contribution in [2.24, 2.45) is 0 Å². The Kier molecular flexibility index (Phi) is 5.54. The quantitative estimate of drug-likeness (QED) is 0.734. The maximum Gasteiger partial charge on any atom is 0.259 e. The van der Waals surface area contributed by atoms with Crippen molar-refractivity contribution < 1.29 is 14.6 Å².